The largest absolute Gasteiger partial charge is 0.492 e. The van der Waals surface area contributed by atoms with Gasteiger partial charge in [-0.1, -0.05) is 60.7 Å². The lowest BCUT2D eigenvalue weighted by Crippen LogP contribution is -2.36. The van der Waals surface area contributed by atoms with Crippen LogP contribution in [0.3, 0.4) is 0 Å². The zero-order valence-corrected chi connectivity index (χ0v) is 34.3. The van der Waals surface area contributed by atoms with Gasteiger partial charge in [0.15, 0.2) is 11.6 Å². The van der Waals surface area contributed by atoms with Crippen LogP contribution in [0.15, 0.2) is 97.1 Å². The van der Waals surface area contributed by atoms with Crippen molar-refractivity contribution >= 4 is 57.9 Å². The molecule has 4 amide bonds. The molecule has 0 unspecified atom stereocenters. The van der Waals surface area contributed by atoms with Crippen LogP contribution in [0, 0.1) is 0 Å². The van der Waals surface area contributed by atoms with Gasteiger partial charge in [0.25, 0.3) is 5.91 Å². The molecule has 0 radical (unpaired) electrons. The third-order valence-corrected chi connectivity index (χ3v) is 8.96. The van der Waals surface area contributed by atoms with E-state index in [1.165, 1.54) is 27.7 Å². The van der Waals surface area contributed by atoms with Crippen molar-refractivity contribution in [2.24, 2.45) is 0 Å². The number of rotatable bonds is 12. The van der Waals surface area contributed by atoms with Crippen molar-refractivity contribution in [3.05, 3.63) is 130 Å². The number of ether oxygens (including phenoxy) is 4. The van der Waals surface area contributed by atoms with Crippen LogP contribution in [-0.4, -0.2) is 61.6 Å². The van der Waals surface area contributed by atoms with E-state index in [1.807, 2.05) is 88.4 Å². The van der Waals surface area contributed by atoms with Gasteiger partial charge in [0, 0.05) is 61.5 Å². The minimum atomic E-state index is -1.06. The molecular weight excluding hydrogens is 741 g/mol. The first-order valence-electron chi connectivity index (χ1n) is 19.1. The maximum Gasteiger partial charge on any atom is 0.311 e. The molecule has 0 atom stereocenters. The summed E-state index contributed by atoms with van der Waals surface area (Å²) in [5, 5.41) is 0. The maximum absolute atomic E-state index is 13.1. The van der Waals surface area contributed by atoms with Crippen molar-refractivity contribution < 1.29 is 47.7 Å². The van der Waals surface area contributed by atoms with Crippen molar-refractivity contribution in [2.45, 2.75) is 67.8 Å². The molecule has 0 aromatic heterocycles. The molecule has 4 aromatic rings. The number of imide groups is 2. The monoisotopic (exact) mass is 790 g/mol. The Morgan fingerprint density at radius 2 is 1.09 bits per heavy atom. The molecule has 2 aliphatic rings. The van der Waals surface area contributed by atoms with Crippen LogP contribution >= 0.6 is 0 Å². The van der Waals surface area contributed by atoms with E-state index >= 15 is 0 Å². The van der Waals surface area contributed by atoms with Crippen LogP contribution in [-0.2, 0) is 50.5 Å². The number of amides is 4. The predicted octanol–water partition coefficient (Wildman–Crippen LogP) is 7.92. The summed E-state index contributed by atoms with van der Waals surface area (Å²) in [5.74, 6) is -2.16. The molecule has 58 heavy (non-hydrogen) atoms. The van der Waals surface area contributed by atoms with Crippen molar-refractivity contribution in [3.63, 3.8) is 0 Å². The fourth-order valence-electron chi connectivity index (χ4n) is 6.53. The fourth-order valence-corrected chi connectivity index (χ4v) is 6.53. The first-order valence-corrected chi connectivity index (χ1v) is 19.1. The third-order valence-electron chi connectivity index (χ3n) is 8.96. The molecule has 0 bridgehead atoms. The first-order chi connectivity index (χ1) is 27.7. The Labute approximate surface area is 339 Å². The Bertz CT molecular complexity index is 2160. The maximum atomic E-state index is 13.1. The number of hydrogen-bond donors (Lipinski definition) is 0. The van der Waals surface area contributed by atoms with Crippen LogP contribution in [0.5, 0.6) is 0 Å². The number of ketones is 2. The molecular formula is C46H50N2O10. The van der Waals surface area contributed by atoms with Gasteiger partial charge < -0.3 is 18.9 Å². The normalized spacial score (nSPS) is 13.7. The van der Waals surface area contributed by atoms with E-state index < -0.39 is 11.9 Å². The van der Waals surface area contributed by atoms with Crippen LogP contribution in [0.25, 0.3) is 11.3 Å². The second-order valence-electron chi connectivity index (χ2n) is 13.0. The van der Waals surface area contributed by atoms with E-state index in [1.54, 1.807) is 36.4 Å². The summed E-state index contributed by atoms with van der Waals surface area (Å²) in [6.07, 6.45) is 0.191. The summed E-state index contributed by atoms with van der Waals surface area (Å²) >= 11 is 0. The number of anilines is 2. The number of fused-ring (bicyclic) bond motifs is 2. The molecule has 4 aromatic carbocycles. The SMILES string of the molecule is CC(=O)c1ccc2c(c1)CC(=O)N2C(C)=O.CCO/C(=C1\C(=O)N(C(C)=O)c2ccc(C(C)=O)cc21)c1ccccc1.CCOC(OCC)(OCC)c1ccccc1. The number of carbonyl (C=O) groups is 6. The molecule has 6 rings (SSSR count). The van der Waals surface area contributed by atoms with Gasteiger partial charge in [-0.05, 0) is 83.5 Å². The van der Waals surface area contributed by atoms with E-state index in [2.05, 4.69) is 0 Å². The summed E-state index contributed by atoms with van der Waals surface area (Å²) in [5.41, 5.74) is 5.31. The molecule has 0 N–H and O–H groups in total. The summed E-state index contributed by atoms with van der Waals surface area (Å²) < 4.78 is 22.8. The Hall–Kier alpha value is -6.08. The average molecular weight is 791 g/mol. The van der Waals surface area contributed by atoms with Crippen LogP contribution < -0.4 is 9.80 Å². The van der Waals surface area contributed by atoms with Gasteiger partial charge in [0.2, 0.25) is 17.7 Å². The van der Waals surface area contributed by atoms with Gasteiger partial charge in [0.1, 0.15) is 5.76 Å². The molecule has 12 heteroatoms. The average Bonchev–Trinajstić information content (AvgIpc) is 3.70. The summed E-state index contributed by atoms with van der Waals surface area (Å²) in [4.78, 5) is 73.2. The molecule has 304 valence electrons. The second kappa shape index (κ2) is 20.4. The van der Waals surface area contributed by atoms with E-state index in [9.17, 15) is 28.8 Å². The van der Waals surface area contributed by atoms with Gasteiger partial charge in [0.05, 0.1) is 30.0 Å². The highest BCUT2D eigenvalue weighted by atomic mass is 16.9. The lowest BCUT2D eigenvalue weighted by molar-refractivity contribution is -0.389. The van der Waals surface area contributed by atoms with Crippen molar-refractivity contribution in [3.8, 4) is 0 Å². The molecule has 2 aliphatic heterocycles. The van der Waals surface area contributed by atoms with E-state index in [0.29, 0.717) is 65.8 Å². The molecule has 0 spiro atoms. The molecule has 0 saturated carbocycles. The minimum Gasteiger partial charge on any atom is -0.492 e. The van der Waals surface area contributed by atoms with Gasteiger partial charge in [-0.15, -0.1) is 0 Å². The summed E-state index contributed by atoms with van der Waals surface area (Å²) in [7, 11) is 0. The van der Waals surface area contributed by atoms with Gasteiger partial charge in [-0.2, -0.15) is 0 Å². The Kier molecular flexibility index (Phi) is 15.7. The van der Waals surface area contributed by atoms with E-state index in [4.69, 9.17) is 18.9 Å². The molecule has 12 nitrogen and oxygen atoms in total. The topological polar surface area (TPSA) is 146 Å². The molecule has 0 saturated heterocycles. The van der Waals surface area contributed by atoms with Crippen molar-refractivity contribution in [2.75, 3.05) is 36.2 Å². The van der Waals surface area contributed by atoms with Gasteiger partial charge in [-0.3, -0.25) is 33.7 Å². The van der Waals surface area contributed by atoms with Gasteiger partial charge in [-0.25, -0.2) is 4.90 Å². The standard InChI is InChI=1S/C21H19NO4.C13H20O3.C12H11NO3/c1-4-26-20(15-8-6-5-7-9-15)19-17-12-16(13(2)23)10-11-18(17)22(14(3)24)21(19)25;1-4-14-13(15-5-2,16-6-3)12-10-8-7-9-11-12;1-7(14)9-3-4-11-10(5-9)6-12(16)13(11)8(2)15/h5-12H,4H2,1-3H3;7-11H,4-6H2,1-3H3;3-5H,6H2,1-2H3/b20-19-;;. The third kappa shape index (κ3) is 10.1. The van der Waals surface area contributed by atoms with Crippen LogP contribution in [0.4, 0.5) is 11.4 Å². The molecule has 2 heterocycles. The highest BCUT2D eigenvalue weighted by molar-refractivity contribution is 6.43. The lowest BCUT2D eigenvalue weighted by atomic mass is 9.99. The number of nitrogens with zero attached hydrogens (tertiary/aromatic N) is 2. The van der Waals surface area contributed by atoms with E-state index in [0.717, 1.165) is 26.5 Å². The zero-order valence-electron chi connectivity index (χ0n) is 34.3. The van der Waals surface area contributed by atoms with Crippen LogP contribution in [0.1, 0.15) is 98.4 Å². The number of benzene rings is 4. The number of Topliss-reactive ketones (excluding diaryl/α,β-unsaturated/α-hetero) is 2. The van der Waals surface area contributed by atoms with Crippen molar-refractivity contribution in [1.82, 2.24) is 0 Å². The Balaban J connectivity index is 0.000000203. The Morgan fingerprint density at radius 1 is 0.586 bits per heavy atom. The minimum absolute atomic E-state index is 0.0449. The number of carbonyl (C=O) groups excluding carboxylic acids is 6. The van der Waals surface area contributed by atoms with Crippen molar-refractivity contribution in [1.29, 1.82) is 0 Å². The summed E-state index contributed by atoms with van der Waals surface area (Å²) in [6.45, 7) is 15.2. The second-order valence-corrected chi connectivity index (χ2v) is 13.0. The Morgan fingerprint density at radius 3 is 1.57 bits per heavy atom. The smallest absolute Gasteiger partial charge is 0.311 e. The predicted molar refractivity (Wildman–Crippen MR) is 221 cm³/mol. The molecule has 0 aliphatic carbocycles. The molecule has 0 fully saturated rings. The zero-order chi connectivity index (χ0) is 42.6. The quantitative estimate of drug-likeness (QED) is 0.0601. The lowest BCUT2D eigenvalue weighted by Gasteiger charge is -2.32. The van der Waals surface area contributed by atoms with Gasteiger partial charge >= 0.3 is 5.97 Å². The fraction of sp³-hybridized carbons (Fsp3) is 0.304. The number of hydrogen-bond acceptors (Lipinski definition) is 10. The van der Waals surface area contributed by atoms with E-state index in [-0.39, 0.29) is 35.7 Å². The summed E-state index contributed by atoms with van der Waals surface area (Å²) in [6, 6.07) is 28.9. The highest BCUT2D eigenvalue weighted by Crippen LogP contribution is 2.42. The highest BCUT2D eigenvalue weighted by Gasteiger charge is 2.39. The first kappa shape index (κ1) is 44.6. The van der Waals surface area contributed by atoms with Crippen LogP contribution in [0.2, 0.25) is 0 Å².